The van der Waals surface area contributed by atoms with Crippen molar-refractivity contribution in [3.05, 3.63) is 46.5 Å². The number of hydrogen-bond donors (Lipinski definition) is 2. The summed E-state index contributed by atoms with van der Waals surface area (Å²) in [6, 6.07) is 8.48. The second kappa shape index (κ2) is 4.90. The minimum atomic E-state index is -0.0783. The largest absolute Gasteiger partial charge is 0.375 e. The van der Waals surface area contributed by atoms with Crippen LogP contribution in [0, 0.1) is 6.92 Å². The van der Waals surface area contributed by atoms with Crippen molar-refractivity contribution < 1.29 is 4.79 Å². The van der Waals surface area contributed by atoms with Gasteiger partial charge < -0.3 is 11.1 Å². The Morgan fingerprint density at radius 1 is 1.40 bits per heavy atom. The Morgan fingerprint density at radius 2 is 2.10 bits per heavy atom. The minimum absolute atomic E-state index is 0.0659. The van der Waals surface area contributed by atoms with Crippen LogP contribution < -0.4 is 11.1 Å². The molecule has 4 nitrogen and oxygen atoms in total. The highest BCUT2D eigenvalue weighted by molar-refractivity contribution is 7.17. The zero-order valence-electron chi connectivity index (χ0n) is 11.3. The number of carbonyl (C=O) groups is 1. The lowest BCUT2D eigenvalue weighted by molar-refractivity contribution is 0.0935. The number of rotatable bonds is 4. The number of nitrogen functional groups attached to an aromatic ring is 1. The van der Waals surface area contributed by atoms with E-state index in [1.807, 2.05) is 0 Å². The number of aryl methyl sites for hydroxylation is 1. The number of nitrogens with one attached hydrogen (secondary N) is 1. The van der Waals surface area contributed by atoms with Gasteiger partial charge in [0.2, 0.25) is 0 Å². The summed E-state index contributed by atoms with van der Waals surface area (Å²) in [6.07, 6.45) is 4.48. The zero-order chi connectivity index (χ0) is 14.2. The van der Waals surface area contributed by atoms with E-state index in [2.05, 4.69) is 41.5 Å². The number of hydrogen-bond acceptors (Lipinski definition) is 4. The summed E-state index contributed by atoms with van der Waals surface area (Å²) in [5.41, 5.74) is 8.00. The Bertz CT molecular complexity index is 629. The quantitative estimate of drug-likeness (QED) is 0.908. The van der Waals surface area contributed by atoms with E-state index in [9.17, 15) is 4.79 Å². The van der Waals surface area contributed by atoms with Crippen molar-refractivity contribution in [2.45, 2.75) is 31.7 Å². The van der Waals surface area contributed by atoms with Crippen LogP contribution in [0.5, 0.6) is 0 Å². The summed E-state index contributed by atoms with van der Waals surface area (Å²) in [5.74, 6) is -0.0659. The number of carbonyl (C=O) groups excluding carboxylic acids is 1. The van der Waals surface area contributed by atoms with Gasteiger partial charge >= 0.3 is 0 Å². The highest BCUT2D eigenvalue weighted by atomic mass is 32.1. The van der Waals surface area contributed by atoms with Crippen LogP contribution in [0.1, 0.15) is 33.6 Å². The average molecular weight is 287 g/mol. The molecule has 2 aromatic rings. The molecule has 1 aromatic heterocycles. The topological polar surface area (TPSA) is 68.0 Å². The Balaban J connectivity index is 1.67. The summed E-state index contributed by atoms with van der Waals surface area (Å²) in [6.45, 7) is 2.08. The van der Waals surface area contributed by atoms with Crippen molar-refractivity contribution in [2.75, 3.05) is 5.73 Å². The van der Waals surface area contributed by atoms with Crippen LogP contribution in [0.4, 0.5) is 5.13 Å². The first-order valence-corrected chi connectivity index (χ1v) is 7.47. The molecule has 1 aromatic carbocycles. The molecule has 20 heavy (non-hydrogen) atoms. The maximum atomic E-state index is 12.2. The predicted octanol–water partition coefficient (Wildman–Crippen LogP) is 2.54. The van der Waals surface area contributed by atoms with E-state index in [1.165, 1.54) is 28.7 Å². The maximum Gasteiger partial charge on any atom is 0.263 e. The Kier molecular flexibility index (Phi) is 3.22. The predicted molar refractivity (Wildman–Crippen MR) is 80.8 cm³/mol. The molecule has 1 aliphatic rings. The molecule has 0 bridgehead atoms. The number of amides is 1. The lowest BCUT2D eigenvalue weighted by Gasteiger charge is -2.17. The number of nitrogens with two attached hydrogens (primary N) is 1. The van der Waals surface area contributed by atoms with Crippen molar-refractivity contribution in [1.29, 1.82) is 0 Å². The summed E-state index contributed by atoms with van der Waals surface area (Å²) in [4.78, 5) is 16.7. The summed E-state index contributed by atoms with van der Waals surface area (Å²) >= 11 is 1.23. The van der Waals surface area contributed by atoms with Crippen LogP contribution in [0.2, 0.25) is 0 Å². The standard InChI is InChI=1S/C15H17N3OS/c1-10-2-4-11(5-3-10)8-15(6-7-15)18-13(19)12-9-17-14(16)20-12/h2-5,9H,6-8H2,1H3,(H2,16,17)(H,18,19). The van der Waals surface area contributed by atoms with Crippen LogP contribution in [0.3, 0.4) is 0 Å². The zero-order valence-corrected chi connectivity index (χ0v) is 12.2. The number of nitrogens with zero attached hydrogens (tertiary/aromatic N) is 1. The molecule has 1 aliphatic carbocycles. The van der Waals surface area contributed by atoms with Crippen LogP contribution in [-0.4, -0.2) is 16.4 Å². The molecule has 1 saturated carbocycles. The molecule has 0 saturated heterocycles. The van der Waals surface area contributed by atoms with Crippen LogP contribution >= 0.6 is 11.3 Å². The molecule has 1 heterocycles. The third-order valence-corrected chi connectivity index (χ3v) is 4.47. The van der Waals surface area contributed by atoms with Gasteiger partial charge in [0.05, 0.1) is 6.20 Å². The molecule has 1 fully saturated rings. The molecule has 3 N–H and O–H groups in total. The molecule has 0 radical (unpaired) electrons. The van der Waals surface area contributed by atoms with Gasteiger partial charge in [0, 0.05) is 5.54 Å². The Morgan fingerprint density at radius 3 is 2.65 bits per heavy atom. The maximum absolute atomic E-state index is 12.2. The first-order chi connectivity index (χ1) is 9.56. The third kappa shape index (κ3) is 2.82. The summed E-state index contributed by atoms with van der Waals surface area (Å²) in [5, 5.41) is 3.57. The van der Waals surface area contributed by atoms with Gasteiger partial charge in [-0.1, -0.05) is 41.2 Å². The van der Waals surface area contributed by atoms with Gasteiger partial charge in [-0.05, 0) is 31.7 Å². The lowest BCUT2D eigenvalue weighted by Crippen LogP contribution is -2.38. The molecule has 0 spiro atoms. The molecule has 0 aliphatic heterocycles. The molecule has 0 atom stereocenters. The van der Waals surface area contributed by atoms with Crippen molar-refractivity contribution in [3.8, 4) is 0 Å². The SMILES string of the molecule is Cc1ccc(CC2(NC(=O)c3cnc(N)s3)CC2)cc1. The van der Waals surface area contributed by atoms with E-state index in [4.69, 9.17) is 5.73 Å². The summed E-state index contributed by atoms with van der Waals surface area (Å²) in [7, 11) is 0. The number of aromatic nitrogens is 1. The highest BCUT2D eigenvalue weighted by Crippen LogP contribution is 2.39. The van der Waals surface area contributed by atoms with Crippen molar-refractivity contribution >= 4 is 22.4 Å². The van der Waals surface area contributed by atoms with E-state index in [1.54, 1.807) is 0 Å². The molecular formula is C15H17N3OS. The van der Waals surface area contributed by atoms with Gasteiger partial charge in [-0.15, -0.1) is 0 Å². The first-order valence-electron chi connectivity index (χ1n) is 6.66. The van der Waals surface area contributed by atoms with Gasteiger partial charge in [-0.25, -0.2) is 4.98 Å². The van der Waals surface area contributed by atoms with E-state index >= 15 is 0 Å². The average Bonchev–Trinajstić information content (AvgIpc) is 3.01. The van der Waals surface area contributed by atoms with Crippen LogP contribution in [-0.2, 0) is 6.42 Å². The summed E-state index contributed by atoms with van der Waals surface area (Å²) < 4.78 is 0. The molecule has 3 rings (SSSR count). The second-order valence-electron chi connectivity index (χ2n) is 5.46. The Hall–Kier alpha value is -1.88. The molecular weight excluding hydrogens is 270 g/mol. The number of thiazole rings is 1. The fourth-order valence-corrected chi connectivity index (χ4v) is 2.87. The van der Waals surface area contributed by atoms with E-state index in [0.29, 0.717) is 10.0 Å². The fourth-order valence-electron chi connectivity index (χ4n) is 2.29. The fraction of sp³-hybridized carbons (Fsp3) is 0.333. The molecule has 104 valence electrons. The van der Waals surface area contributed by atoms with Gasteiger partial charge in [0.15, 0.2) is 5.13 Å². The van der Waals surface area contributed by atoms with Gasteiger partial charge in [0.1, 0.15) is 4.88 Å². The minimum Gasteiger partial charge on any atom is -0.375 e. The Labute approximate surface area is 122 Å². The smallest absolute Gasteiger partial charge is 0.263 e. The van der Waals surface area contributed by atoms with Gasteiger partial charge in [-0.3, -0.25) is 4.79 Å². The first kappa shape index (κ1) is 13.1. The third-order valence-electron chi connectivity index (χ3n) is 3.64. The molecule has 1 amide bonds. The second-order valence-corrected chi connectivity index (χ2v) is 6.52. The van der Waals surface area contributed by atoms with Crippen LogP contribution in [0.15, 0.2) is 30.5 Å². The van der Waals surface area contributed by atoms with Gasteiger partial charge in [0.25, 0.3) is 5.91 Å². The molecule has 5 heteroatoms. The van der Waals surface area contributed by atoms with E-state index in [0.717, 1.165) is 19.3 Å². The van der Waals surface area contributed by atoms with E-state index in [-0.39, 0.29) is 11.4 Å². The van der Waals surface area contributed by atoms with Crippen LogP contribution in [0.25, 0.3) is 0 Å². The van der Waals surface area contributed by atoms with Crippen molar-refractivity contribution in [3.63, 3.8) is 0 Å². The van der Waals surface area contributed by atoms with Crippen molar-refractivity contribution in [2.24, 2.45) is 0 Å². The number of anilines is 1. The molecule has 0 unspecified atom stereocenters. The highest BCUT2D eigenvalue weighted by Gasteiger charge is 2.44. The van der Waals surface area contributed by atoms with E-state index < -0.39 is 0 Å². The lowest BCUT2D eigenvalue weighted by atomic mass is 10.0. The number of benzene rings is 1. The normalized spacial score (nSPS) is 15.8. The van der Waals surface area contributed by atoms with Gasteiger partial charge in [-0.2, -0.15) is 0 Å². The monoisotopic (exact) mass is 287 g/mol. The van der Waals surface area contributed by atoms with Crippen molar-refractivity contribution in [1.82, 2.24) is 10.3 Å².